The van der Waals surface area contributed by atoms with E-state index in [0.717, 1.165) is 11.3 Å². The van der Waals surface area contributed by atoms with Gasteiger partial charge in [0.1, 0.15) is 0 Å². The molecule has 0 aliphatic heterocycles. The lowest BCUT2D eigenvalue weighted by molar-refractivity contribution is -0.115. The Morgan fingerprint density at radius 1 is 1.39 bits per heavy atom. The molecule has 5 heteroatoms. The molecule has 1 aromatic carbocycles. The van der Waals surface area contributed by atoms with Crippen molar-refractivity contribution in [1.29, 1.82) is 0 Å². The number of carbonyl (C=O) groups is 1. The van der Waals surface area contributed by atoms with E-state index >= 15 is 0 Å². The van der Waals surface area contributed by atoms with Crippen molar-refractivity contribution in [2.45, 2.75) is 26.4 Å². The molecule has 0 aliphatic rings. The van der Waals surface area contributed by atoms with Crippen molar-refractivity contribution in [3.8, 4) is 0 Å². The van der Waals surface area contributed by atoms with Crippen molar-refractivity contribution < 1.29 is 15.0 Å². The topological polar surface area (TPSA) is 81.6 Å². The van der Waals surface area contributed by atoms with Crippen LogP contribution in [0.15, 0.2) is 18.2 Å². The third kappa shape index (κ3) is 4.35. The highest BCUT2D eigenvalue weighted by Crippen LogP contribution is 2.23. The first kappa shape index (κ1) is 14.5. The molecule has 1 rings (SSSR count). The van der Waals surface area contributed by atoms with Gasteiger partial charge in [0.05, 0.1) is 24.1 Å². The third-order valence-corrected chi connectivity index (χ3v) is 2.51. The van der Waals surface area contributed by atoms with Gasteiger partial charge in [-0.3, -0.25) is 4.79 Å². The molecule has 1 atom stereocenters. The van der Waals surface area contributed by atoms with Crippen molar-refractivity contribution in [2.75, 3.05) is 23.8 Å². The standard InChI is InChI=1S/C13H20N2O3/c1-3-13(18)15-11-5-4-9(2)6-12(11)14-7-10(17)8-16/h4-6,10,14,16-17H,3,7-8H2,1-2H3,(H,15,18). The minimum absolute atomic E-state index is 0.0652. The second kappa shape index (κ2) is 6.98. The summed E-state index contributed by atoms with van der Waals surface area (Å²) in [6, 6.07) is 5.60. The van der Waals surface area contributed by atoms with Gasteiger partial charge in [-0.1, -0.05) is 13.0 Å². The van der Waals surface area contributed by atoms with Crippen LogP contribution in [0.4, 0.5) is 11.4 Å². The van der Waals surface area contributed by atoms with Gasteiger partial charge in [0.15, 0.2) is 0 Å². The molecule has 0 heterocycles. The van der Waals surface area contributed by atoms with Crippen LogP contribution >= 0.6 is 0 Å². The maximum Gasteiger partial charge on any atom is 0.224 e. The van der Waals surface area contributed by atoms with Crippen LogP contribution in [0.2, 0.25) is 0 Å². The molecule has 0 radical (unpaired) electrons. The van der Waals surface area contributed by atoms with Crippen LogP contribution in [-0.4, -0.2) is 35.4 Å². The monoisotopic (exact) mass is 252 g/mol. The first-order chi connectivity index (χ1) is 8.56. The summed E-state index contributed by atoms with van der Waals surface area (Å²) in [5, 5.41) is 23.9. The zero-order valence-electron chi connectivity index (χ0n) is 10.7. The molecule has 0 saturated heterocycles. The second-order valence-corrected chi connectivity index (χ2v) is 4.17. The van der Waals surface area contributed by atoms with E-state index in [0.29, 0.717) is 12.1 Å². The summed E-state index contributed by atoms with van der Waals surface area (Å²) >= 11 is 0. The predicted molar refractivity (Wildman–Crippen MR) is 71.7 cm³/mol. The smallest absolute Gasteiger partial charge is 0.224 e. The molecule has 0 aromatic heterocycles. The Balaban J connectivity index is 2.79. The predicted octanol–water partition coefficient (Wildman–Crippen LogP) is 1.11. The van der Waals surface area contributed by atoms with E-state index in [-0.39, 0.29) is 19.1 Å². The fraction of sp³-hybridized carbons (Fsp3) is 0.462. The number of rotatable bonds is 6. The Kier molecular flexibility index (Phi) is 5.61. The van der Waals surface area contributed by atoms with Crippen molar-refractivity contribution in [1.82, 2.24) is 0 Å². The van der Waals surface area contributed by atoms with Crippen molar-refractivity contribution >= 4 is 17.3 Å². The molecule has 4 N–H and O–H groups in total. The molecular formula is C13H20N2O3. The molecule has 0 spiro atoms. The van der Waals surface area contributed by atoms with Crippen molar-refractivity contribution in [3.05, 3.63) is 23.8 Å². The molecule has 0 fully saturated rings. The maximum atomic E-state index is 11.4. The molecule has 18 heavy (non-hydrogen) atoms. The Morgan fingerprint density at radius 3 is 2.72 bits per heavy atom. The zero-order chi connectivity index (χ0) is 13.5. The molecular weight excluding hydrogens is 232 g/mol. The fourth-order valence-corrected chi connectivity index (χ4v) is 1.44. The number of nitrogens with one attached hydrogen (secondary N) is 2. The number of hydrogen-bond donors (Lipinski definition) is 4. The highest BCUT2D eigenvalue weighted by atomic mass is 16.3. The van der Waals surface area contributed by atoms with Gasteiger partial charge in [-0.05, 0) is 24.6 Å². The number of aliphatic hydroxyl groups is 2. The lowest BCUT2D eigenvalue weighted by atomic mass is 10.2. The number of hydrogen-bond acceptors (Lipinski definition) is 4. The summed E-state index contributed by atoms with van der Waals surface area (Å²) in [5.41, 5.74) is 2.47. The Hall–Kier alpha value is -1.59. The quantitative estimate of drug-likeness (QED) is 0.611. The van der Waals surface area contributed by atoms with Crippen LogP contribution in [0, 0.1) is 6.92 Å². The molecule has 1 amide bonds. The van der Waals surface area contributed by atoms with Gasteiger partial charge in [-0.2, -0.15) is 0 Å². The van der Waals surface area contributed by atoms with Gasteiger partial charge in [0.25, 0.3) is 0 Å². The van der Waals surface area contributed by atoms with E-state index in [1.54, 1.807) is 6.92 Å². The fourth-order valence-electron chi connectivity index (χ4n) is 1.44. The van der Waals surface area contributed by atoms with E-state index in [1.807, 2.05) is 25.1 Å². The maximum absolute atomic E-state index is 11.4. The van der Waals surface area contributed by atoms with Crippen molar-refractivity contribution in [3.63, 3.8) is 0 Å². The Morgan fingerprint density at radius 2 is 2.11 bits per heavy atom. The minimum Gasteiger partial charge on any atom is -0.394 e. The third-order valence-electron chi connectivity index (χ3n) is 2.51. The molecule has 0 bridgehead atoms. The van der Waals surface area contributed by atoms with Gasteiger partial charge < -0.3 is 20.8 Å². The Bertz CT molecular complexity index is 407. The average Bonchev–Trinajstić information content (AvgIpc) is 2.38. The summed E-state index contributed by atoms with van der Waals surface area (Å²) in [6.07, 6.45) is -0.410. The molecule has 0 aliphatic carbocycles. The highest BCUT2D eigenvalue weighted by Gasteiger charge is 2.07. The average molecular weight is 252 g/mol. The van der Waals surface area contributed by atoms with Gasteiger partial charge in [-0.15, -0.1) is 0 Å². The number of aryl methyl sites for hydroxylation is 1. The zero-order valence-corrected chi connectivity index (χ0v) is 10.7. The van der Waals surface area contributed by atoms with Crippen LogP contribution in [-0.2, 0) is 4.79 Å². The van der Waals surface area contributed by atoms with Crippen LogP contribution < -0.4 is 10.6 Å². The molecule has 1 unspecified atom stereocenters. The molecule has 1 aromatic rings. The van der Waals surface area contributed by atoms with Gasteiger partial charge in [0, 0.05) is 13.0 Å². The van der Waals surface area contributed by atoms with Crippen LogP contribution in [0.3, 0.4) is 0 Å². The van der Waals surface area contributed by atoms with E-state index in [2.05, 4.69) is 10.6 Å². The number of amides is 1. The van der Waals surface area contributed by atoms with Crippen LogP contribution in [0.25, 0.3) is 0 Å². The molecule has 0 saturated carbocycles. The normalized spacial score (nSPS) is 12.0. The van der Waals surface area contributed by atoms with E-state index in [9.17, 15) is 9.90 Å². The van der Waals surface area contributed by atoms with Gasteiger partial charge in [-0.25, -0.2) is 0 Å². The van der Waals surface area contributed by atoms with Crippen LogP contribution in [0.1, 0.15) is 18.9 Å². The second-order valence-electron chi connectivity index (χ2n) is 4.17. The molecule has 5 nitrogen and oxygen atoms in total. The number of aliphatic hydroxyl groups excluding tert-OH is 2. The van der Waals surface area contributed by atoms with Crippen LogP contribution in [0.5, 0.6) is 0 Å². The summed E-state index contributed by atoms with van der Waals surface area (Å²) in [6.45, 7) is 3.66. The minimum atomic E-state index is -0.819. The molecule has 100 valence electrons. The largest absolute Gasteiger partial charge is 0.394 e. The highest BCUT2D eigenvalue weighted by molar-refractivity contribution is 5.94. The van der Waals surface area contributed by atoms with E-state index in [4.69, 9.17) is 5.11 Å². The summed E-state index contributed by atoms with van der Waals surface area (Å²) in [5.74, 6) is -0.0652. The lowest BCUT2D eigenvalue weighted by Crippen LogP contribution is -2.23. The van der Waals surface area contributed by atoms with Gasteiger partial charge in [0.2, 0.25) is 5.91 Å². The van der Waals surface area contributed by atoms with Gasteiger partial charge >= 0.3 is 0 Å². The number of anilines is 2. The number of carbonyl (C=O) groups excluding carboxylic acids is 1. The van der Waals surface area contributed by atoms with E-state index < -0.39 is 6.10 Å². The summed E-state index contributed by atoms with van der Waals surface area (Å²) in [7, 11) is 0. The number of benzene rings is 1. The van der Waals surface area contributed by atoms with E-state index in [1.165, 1.54) is 0 Å². The summed E-state index contributed by atoms with van der Waals surface area (Å²) in [4.78, 5) is 11.4. The first-order valence-corrected chi connectivity index (χ1v) is 6.00. The Labute approximate surface area is 107 Å². The summed E-state index contributed by atoms with van der Waals surface area (Å²) < 4.78 is 0. The van der Waals surface area contributed by atoms with Crippen molar-refractivity contribution in [2.24, 2.45) is 0 Å². The SMILES string of the molecule is CCC(=O)Nc1ccc(C)cc1NCC(O)CO. The lowest BCUT2D eigenvalue weighted by Gasteiger charge is -2.15. The first-order valence-electron chi connectivity index (χ1n) is 6.00.